The quantitative estimate of drug-likeness (QED) is 0.653. The second kappa shape index (κ2) is 6.30. The topological polar surface area (TPSA) is 54.4 Å². The molecule has 90 valence electrons. The maximum Gasteiger partial charge on any atom is 0.246 e. The zero-order valence-electron chi connectivity index (χ0n) is 9.78. The van der Waals surface area contributed by atoms with Crippen LogP contribution in [0.15, 0.2) is 59.8 Å². The SMILES string of the molecule is O=C(Cc1ccccn1)NN=Cc1ccccc1. The van der Waals surface area contributed by atoms with E-state index < -0.39 is 0 Å². The molecule has 0 atom stereocenters. The number of nitrogens with one attached hydrogen (secondary N) is 1. The lowest BCUT2D eigenvalue weighted by Gasteiger charge is -1.99. The minimum atomic E-state index is -0.180. The molecule has 1 amide bonds. The normalized spacial score (nSPS) is 10.4. The summed E-state index contributed by atoms with van der Waals surface area (Å²) in [6.07, 6.45) is 3.50. The molecule has 18 heavy (non-hydrogen) atoms. The summed E-state index contributed by atoms with van der Waals surface area (Å²) in [5.41, 5.74) is 4.14. The van der Waals surface area contributed by atoms with Gasteiger partial charge in [-0.15, -0.1) is 0 Å². The molecule has 0 aliphatic heterocycles. The van der Waals surface area contributed by atoms with Gasteiger partial charge in [0.05, 0.1) is 12.6 Å². The number of amides is 1. The summed E-state index contributed by atoms with van der Waals surface area (Å²) in [5.74, 6) is -0.180. The van der Waals surface area contributed by atoms with Crippen molar-refractivity contribution in [2.45, 2.75) is 6.42 Å². The Morgan fingerprint density at radius 2 is 1.94 bits per heavy atom. The molecule has 0 radical (unpaired) electrons. The Morgan fingerprint density at radius 1 is 1.17 bits per heavy atom. The lowest BCUT2D eigenvalue weighted by molar-refractivity contribution is -0.120. The van der Waals surface area contributed by atoms with Crippen molar-refractivity contribution in [2.75, 3.05) is 0 Å². The number of nitrogens with zero attached hydrogens (tertiary/aromatic N) is 2. The highest BCUT2D eigenvalue weighted by Gasteiger charge is 2.01. The molecule has 1 aromatic heterocycles. The lowest BCUT2D eigenvalue weighted by atomic mass is 10.2. The monoisotopic (exact) mass is 239 g/mol. The van der Waals surface area contributed by atoms with Crippen molar-refractivity contribution in [2.24, 2.45) is 5.10 Å². The second-order valence-electron chi connectivity index (χ2n) is 3.70. The summed E-state index contributed by atoms with van der Waals surface area (Å²) in [6, 6.07) is 15.0. The number of hydrogen-bond acceptors (Lipinski definition) is 3. The number of benzene rings is 1. The first-order chi connectivity index (χ1) is 8.84. The van der Waals surface area contributed by atoms with Crippen molar-refractivity contribution < 1.29 is 4.79 Å². The third kappa shape index (κ3) is 3.83. The Labute approximate surface area is 105 Å². The van der Waals surface area contributed by atoms with Crippen molar-refractivity contribution in [3.63, 3.8) is 0 Å². The van der Waals surface area contributed by atoms with Gasteiger partial charge in [-0.05, 0) is 17.7 Å². The molecule has 0 unspecified atom stereocenters. The fourth-order valence-electron chi connectivity index (χ4n) is 1.42. The maximum absolute atomic E-state index is 11.5. The van der Waals surface area contributed by atoms with Crippen molar-refractivity contribution in [1.29, 1.82) is 0 Å². The van der Waals surface area contributed by atoms with Gasteiger partial charge in [-0.1, -0.05) is 36.4 Å². The molecule has 0 bridgehead atoms. The molecule has 1 heterocycles. The Hall–Kier alpha value is -2.49. The summed E-state index contributed by atoms with van der Waals surface area (Å²) >= 11 is 0. The third-order valence-electron chi connectivity index (χ3n) is 2.27. The number of hydrazone groups is 1. The van der Waals surface area contributed by atoms with Crippen molar-refractivity contribution in [1.82, 2.24) is 10.4 Å². The Kier molecular flexibility index (Phi) is 4.19. The van der Waals surface area contributed by atoms with Crippen molar-refractivity contribution in [3.8, 4) is 0 Å². The molecule has 0 aliphatic rings. The van der Waals surface area contributed by atoms with E-state index in [1.807, 2.05) is 42.5 Å². The van der Waals surface area contributed by atoms with Crippen LogP contribution in [0.5, 0.6) is 0 Å². The number of aromatic nitrogens is 1. The van der Waals surface area contributed by atoms with E-state index in [9.17, 15) is 4.79 Å². The van der Waals surface area contributed by atoms with Gasteiger partial charge in [-0.25, -0.2) is 5.43 Å². The van der Waals surface area contributed by atoms with Crippen LogP contribution in [-0.4, -0.2) is 17.1 Å². The average Bonchev–Trinajstić information content (AvgIpc) is 2.41. The highest BCUT2D eigenvalue weighted by Crippen LogP contribution is 1.95. The summed E-state index contributed by atoms with van der Waals surface area (Å²) in [7, 11) is 0. The molecule has 0 aliphatic carbocycles. The van der Waals surface area contributed by atoms with Gasteiger partial charge < -0.3 is 0 Å². The molecular formula is C14H13N3O. The first kappa shape index (κ1) is 12.0. The minimum Gasteiger partial charge on any atom is -0.273 e. The Morgan fingerprint density at radius 3 is 2.67 bits per heavy atom. The van der Waals surface area contributed by atoms with Gasteiger partial charge in [0.25, 0.3) is 0 Å². The molecule has 0 fully saturated rings. The predicted molar refractivity (Wildman–Crippen MR) is 70.1 cm³/mol. The maximum atomic E-state index is 11.5. The van der Waals surface area contributed by atoms with Gasteiger partial charge in [-0.3, -0.25) is 9.78 Å². The Balaban J connectivity index is 1.84. The smallest absolute Gasteiger partial charge is 0.246 e. The van der Waals surface area contributed by atoms with Gasteiger partial charge >= 0.3 is 0 Å². The molecule has 4 heteroatoms. The molecule has 2 rings (SSSR count). The number of hydrogen-bond donors (Lipinski definition) is 1. The van der Waals surface area contributed by atoms with Gasteiger partial charge in [-0.2, -0.15) is 5.10 Å². The van der Waals surface area contributed by atoms with E-state index in [-0.39, 0.29) is 12.3 Å². The van der Waals surface area contributed by atoms with Gasteiger partial charge in [0.15, 0.2) is 0 Å². The van der Waals surface area contributed by atoms with Gasteiger partial charge in [0, 0.05) is 11.9 Å². The van der Waals surface area contributed by atoms with Crippen molar-refractivity contribution in [3.05, 3.63) is 66.0 Å². The van der Waals surface area contributed by atoms with E-state index >= 15 is 0 Å². The van der Waals surface area contributed by atoms with Crippen molar-refractivity contribution >= 4 is 12.1 Å². The summed E-state index contributed by atoms with van der Waals surface area (Å²) in [5, 5.41) is 3.89. The standard InChI is InChI=1S/C14H13N3O/c18-14(10-13-8-4-5-9-15-13)17-16-11-12-6-2-1-3-7-12/h1-9,11H,10H2,(H,17,18). The number of carbonyl (C=O) groups excluding carboxylic acids is 1. The number of carbonyl (C=O) groups is 1. The summed E-state index contributed by atoms with van der Waals surface area (Å²) < 4.78 is 0. The molecule has 1 N–H and O–H groups in total. The van der Waals surface area contributed by atoms with Crippen LogP contribution in [0.2, 0.25) is 0 Å². The zero-order valence-corrected chi connectivity index (χ0v) is 9.78. The molecule has 1 aromatic carbocycles. The van der Waals surface area contributed by atoms with E-state index in [2.05, 4.69) is 15.5 Å². The molecule has 4 nitrogen and oxygen atoms in total. The van der Waals surface area contributed by atoms with E-state index in [0.717, 1.165) is 11.3 Å². The molecule has 0 spiro atoms. The van der Waals surface area contributed by atoms with Crippen LogP contribution in [0.1, 0.15) is 11.3 Å². The molecular weight excluding hydrogens is 226 g/mol. The Bertz CT molecular complexity index is 523. The van der Waals surface area contributed by atoms with E-state index in [1.54, 1.807) is 18.5 Å². The van der Waals surface area contributed by atoms with Crippen LogP contribution in [0, 0.1) is 0 Å². The fraction of sp³-hybridized carbons (Fsp3) is 0.0714. The van der Waals surface area contributed by atoms with Crippen LogP contribution in [0.3, 0.4) is 0 Å². The second-order valence-corrected chi connectivity index (χ2v) is 3.70. The van der Waals surface area contributed by atoms with Crippen LogP contribution < -0.4 is 5.43 Å². The average molecular weight is 239 g/mol. The minimum absolute atomic E-state index is 0.180. The molecule has 2 aromatic rings. The first-order valence-corrected chi connectivity index (χ1v) is 5.61. The van der Waals surface area contributed by atoms with E-state index in [1.165, 1.54) is 0 Å². The highest BCUT2D eigenvalue weighted by atomic mass is 16.2. The summed E-state index contributed by atoms with van der Waals surface area (Å²) in [6.45, 7) is 0. The van der Waals surface area contributed by atoms with E-state index in [0.29, 0.717) is 0 Å². The van der Waals surface area contributed by atoms with Gasteiger partial charge in [0.2, 0.25) is 5.91 Å². The fourth-order valence-corrected chi connectivity index (χ4v) is 1.42. The third-order valence-corrected chi connectivity index (χ3v) is 2.27. The lowest BCUT2D eigenvalue weighted by Crippen LogP contribution is -2.20. The number of rotatable bonds is 4. The van der Waals surface area contributed by atoms with Crippen LogP contribution in [-0.2, 0) is 11.2 Å². The van der Waals surface area contributed by atoms with E-state index in [4.69, 9.17) is 0 Å². The molecule has 0 saturated carbocycles. The highest BCUT2D eigenvalue weighted by molar-refractivity contribution is 5.82. The van der Waals surface area contributed by atoms with Crippen LogP contribution >= 0.6 is 0 Å². The van der Waals surface area contributed by atoms with Crippen LogP contribution in [0.4, 0.5) is 0 Å². The summed E-state index contributed by atoms with van der Waals surface area (Å²) in [4.78, 5) is 15.6. The van der Waals surface area contributed by atoms with Gasteiger partial charge in [0.1, 0.15) is 0 Å². The van der Waals surface area contributed by atoms with Crippen LogP contribution in [0.25, 0.3) is 0 Å². The predicted octanol–water partition coefficient (Wildman–Crippen LogP) is 1.77. The first-order valence-electron chi connectivity index (χ1n) is 5.61. The largest absolute Gasteiger partial charge is 0.273 e. The number of pyridine rings is 1. The zero-order chi connectivity index (χ0) is 12.6. The molecule has 0 saturated heterocycles.